The molecule has 35 heavy (non-hydrogen) atoms. The lowest BCUT2D eigenvalue weighted by molar-refractivity contribution is -0.145. The largest absolute Gasteiger partial charge is 0.363 e. The van der Waals surface area contributed by atoms with Crippen LogP contribution in [0.3, 0.4) is 0 Å². The van der Waals surface area contributed by atoms with Crippen molar-refractivity contribution in [3.8, 4) is 0 Å². The molecule has 1 heterocycles. The number of nitrogens with one attached hydrogen (secondary N) is 3. The van der Waals surface area contributed by atoms with Gasteiger partial charge in [0.25, 0.3) is 5.91 Å². The molecule has 2 aliphatic carbocycles. The number of carbonyl (C=O) groups is 5. The molecule has 10 heteroatoms. The zero-order valence-corrected chi connectivity index (χ0v) is 21.8. The van der Waals surface area contributed by atoms with Gasteiger partial charge in [0.2, 0.25) is 17.6 Å². The Labute approximate surface area is 207 Å². The molecule has 0 radical (unpaired) electrons. The van der Waals surface area contributed by atoms with Gasteiger partial charge in [0.05, 0.1) is 6.04 Å². The average molecular weight is 492 g/mol. The van der Waals surface area contributed by atoms with Gasteiger partial charge in [-0.05, 0) is 41.9 Å². The van der Waals surface area contributed by atoms with Crippen LogP contribution < -0.4 is 21.7 Å². The predicted molar refractivity (Wildman–Crippen MR) is 130 cm³/mol. The van der Waals surface area contributed by atoms with Gasteiger partial charge in [0.15, 0.2) is 0 Å². The van der Waals surface area contributed by atoms with E-state index in [0.29, 0.717) is 19.5 Å². The number of nitrogens with two attached hydrogens (primary N) is 1. The summed E-state index contributed by atoms with van der Waals surface area (Å²) in [6, 6.07) is -3.06. The third kappa shape index (κ3) is 5.46. The summed E-state index contributed by atoms with van der Waals surface area (Å²) in [5.41, 5.74) is 4.54. The molecule has 5 unspecified atom stereocenters. The number of ketones is 1. The molecule has 0 bridgehead atoms. The number of amides is 5. The van der Waals surface area contributed by atoms with Crippen LogP contribution in [0.25, 0.3) is 0 Å². The number of fused-ring (bicyclic) bond motifs is 1. The molecule has 5 amide bonds. The third-order valence-electron chi connectivity index (χ3n) is 8.16. The van der Waals surface area contributed by atoms with Crippen molar-refractivity contribution >= 4 is 29.5 Å². The number of piperidine rings is 1. The minimum atomic E-state index is -1.07. The van der Waals surface area contributed by atoms with Crippen LogP contribution in [0.2, 0.25) is 0 Å². The SMILES string of the molecule is CCNC(=O)NC(C(=O)N1CC2C(C1C(=O)NC(CC1CCC1)C(=O)C(N)=O)C2(C)C)C(C)(C)C. The van der Waals surface area contributed by atoms with Gasteiger partial charge < -0.3 is 26.6 Å². The highest BCUT2D eigenvalue weighted by Crippen LogP contribution is 2.65. The first-order valence-electron chi connectivity index (χ1n) is 12.7. The molecule has 0 aromatic carbocycles. The Bertz CT molecular complexity index is 891. The molecule has 196 valence electrons. The van der Waals surface area contributed by atoms with E-state index < -0.39 is 47.2 Å². The van der Waals surface area contributed by atoms with Gasteiger partial charge in [-0.1, -0.05) is 53.9 Å². The van der Waals surface area contributed by atoms with Gasteiger partial charge in [-0.3, -0.25) is 19.2 Å². The van der Waals surface area contributed by atoms with Crippen LogP contribution in [0, 0.1) is 28.6 Å². The Balaban J connectivity index is 1.83. The Morgan fingerprint density at radius 2 is 1.71 bits per heavy atom. The summed E-state index contributed by atoms with van der Waals surface area (Å²) >= 11 is 0. The Hall–Kier alpha value is -2.65. The zero-order valence-electron chi connectivity index (χ0n) is 21.8. The number of Topliss-reactive ketones (excluding diaryl/α,β-unsaturated/α-hetero) is 1. The van der Waals surface area contributed by atoms with Crippen molar-refractivity contribution in [1.82, 2.24) is 20.9 Å². The Morgan fingerprint density at radius 1 is 1.09 bits per heavy atom. The molecule has 5 atom stereocenters. The van der Waals surface area contributed by atoms with Crippen molar-refractivity contribution in [2.75, 3.05) is 13.1 Å². The number of hydrogen-bond acceptors (Lipinski definition) is 5. The minimum Gasteiger partial charge on any atom is -0.363 e. The minimum absolute atomic E-state index is 0.0652. The van der Waals surface area contributed by atoms with E-state index in [4.69, 9.17) is 5.73 Å². The van der Waals surface area contributed by atoms with Gasteiger partial charge >= 0.3 is 6.03 Å². The number of carbonyl (C=O) groups excluding carboxylic acids is 5. The van der Waals surface area contributed by atoms with Gasteiger partial charge in [0.1, 0.15) is 12.1 Å². The second kappa shape index (κ2) is 9.78. The normalized spacial score (nSPS) is 26.6. The van der Waals surface area contributed by atoms with Gasteiger partial charge in [-0.25, -0.2) is 4.79 Å². The second-order valence-electron chi connectivity index (χ2n) is 12.0. The maximum absolute atomic E-state index is 13.7. The first-order chi connectivity index (χ1) is 16.2. The van der Waals surface area contributed by atoms with Crippen molar-refractivity contribution < 1.29 is 24.0 Å². The lowest BCUT2D eigenvalue weighted by Crippen LogP contribution is -2.61. The quantitative estimate of drug-likeness (QED) is 0.354. The summed E-state index contributed by atoms with van der Waals surface area (Å²) in [4.78, 5) is 65.3. The molecular weight excluding hydrogens is 450 g/mol. The number of rotatable bonds is 9. The zero-order chi connectivity index (χ0) is 26.3. The van der Waals surface area contributed by atoms with Crippen LogP contribution in [-0.2, 0) is 19.2 Å². The summed E-state index contributed by atoms with van der Waals surface area (Å²) in [6.45, 7) is 12.3. The van der Waals surface area contributed by atoms with E-state index in [1.54, 1.807) is 11.8 Å². The first kappa shape index (κ1) is 26.9. The fourth-order valence-corrected chi connectivity index (χ4v) is 5.69. The summed E-state index contributed by atoms with van der Waals surface area (Å²) in [6.07, 6.45) is 3.33. The topological polar surface area (TPSA) is 151 Å². The third-order valence-corrected chi connectivity index (χ3v) is 8.16. The van der Waals surface area contributed by atoms with Gasteiger partial charge in [0, 0.05) is 13.1 Å². The van der Waals surface area contributed by atoms with E-state index in [0.717, 1.165) is 19.3 Å². The molecule has 3 aliphatic rings. The maximum atomic E-state index is 13.7. The highest BCUT2D eigenvalue weighted by Gasteiger charge is 2.69. The number of nitrogens with zero attached hydrogens (tertiary/aromatic N) is 1. The fraction of sp³-hybridized carbons (Fsp3) is 0.800. The second-order valence-corrected chi connectivity index (χ2v) is 12.0. The van der Waals surface area contributed by atoms with Crippen LogP contribution >= 0.6 is 0 Å². The smallest absolute Gasteiger partial charge is 0.315 e. The molecule has 1 saturated heterocycles. The monoisotopic (exact) mass is 491 g/mol. The molecule has 10 nitrogen and oxygen atoms in total. The fourth-order valence-electron chi connectivity index (χ4n) is 5.69. The van der Waals surface area contributed by atoms with Crippen LogP contribution in [0.5, 0.6) is 0 Å². The van der Waals surface area contributed by atoms with Crippen LogP contribution in [-0.4, -0.2) is 65.7 Å². The highest BCUT2D eigenvalue weighted by atomic mass is 16.2. The molecule has 0 aromatic rings. The summed E-state index contributed by atoms with van der Waals surface area (Å²) in [7, 11) is 0. The molecule has 1 aliphatic heterocycles. The molecule has 3 rings (SSSR count). The Morgan fingerprint density at radius 3 is 2.20 bits per heavy atom. The molecule has 5 N–H and O–H groups in total. The molecule has 0 aromatic heterocycles. The van der Waals surface area contributed by atoms with Crippen LogP contribution in [0.1, 0.15) is 67.2 Å². The Kier molecular flexibility index (Phi) is 7.53. The van der Waals surface area contributed by atoms with E-state index >= 15 is 0 Å². The van der Waals surface area contributed by atoms with E-state index in [9.17, 15) is 24.0 Å². The van der Waals surface area contributed by atoms with Crippen molar-refractivity contribution in [3.05, 3.63) is 0 Å². The van der Waals surface area contributed by atoms with Crippen molar-refractivity contribution in [1.29, 1.82) is 0 Å². The number of primary amides is 1. The summed E-state index contributed by atoms with van der Waals surface area (Å²) in [5.74, 6) is -2.31. The van der Waals surface area contributed by atoms with E-state index in [2.05, 4.69) is 29.8 Å². The molecule has 3 fully saturated rings. The summed E-state index contributed by atoms with van der Waals surface area (Å²) in [5, 5.41) is 8.20. The first-order valence-corrected chi connectivity index (χ1v) is 12.7. The molecule has 2 saturated carbocycles. The number of hydrogen-bond donors (Lipinski definition) is 4. The lowest BCUT2D eigenvalue weighted by Gasteiger charge is -2.38. The van der Waals surface area contributed by atoms with Crippen molar-refractivity contribution in [3.63, 3.8) is 0 Å². The van der Waals surface area contributed by atoms with Gasteiger partial charge in [-0.2, -0.15) is 0 Å². The number of likely N-dealkylation sites (tertiary alicyclic amines) is 1. The van der Waals surface area contributed by atoms with E-state index in [1.165, 1.54) is 0 Å². The molecular formula is C25H41N5O5. The molecule has 0 spiro atoms. The van der Waals surface area contributed by atoms with Crippen molar-refractivity contribution in [2.45, 2.75) is 85.4 Å². The summed E-state index contributed by atoms with van der Waals surface area (Å²) < 4.78 is 0. The highest BCUT2D eigenvalue weighted by molar-refractivity contribution is 6.37. The number of urea groups is 1. The van der Waals surface area contributed by atoms with Crippen molar-refractivity contribution in [2.24, 2.45) is 34.3 Å². The van der Waals surface area contributed by atoms with E-state index in [1.807, 2.05) is 20.8 Å². The predicted octanol–water partition coefficient (Wildman–Crippen LogP) is 0.933. The van der Waals surface area contributed by atoms with Crippen LogP contribution in [0.4, 0.5) is 4.79 Å². The lowest BCUT2D eigenvalue weighted by atomic mass is 9.80. The van der Waals surface area contributed by atoms with Gasteiger partial charge in [-0.15, -0.1) is 0 Å². The van der Waals surface area contributed by atoms with Crippen LogP contribution in [0.15, 0.2) is 0 Å². The average Bonchev–Trinajstić information content (AvgIpc) is 3.07. The van der Waals surface area contributed by atoms with E-state index in [-0.39, 0.29) is 29.1 Å². The standard InChI is InChI=1S/C25H41N5O5/c1-7-27-23(35)29-19(24(2,3)4)22(34)30-12-14-16(25(14,5)6)17(30)21(33)28-15(18(31)20(26)32)11-13-9-8-10-13/h13-17,19H,7-12H2,1-6H3,(H2,26,32)(H,28,33)(H2,27,29,35). The maximum Gasteiger partial charge on any atom is 0.315 e.